The Morgan fingerprint density at radius 2 is 1.87 bits per heavy atom. The summed E-state index contributed by atoms with van der Waals surface area (Å²) in [5.41, 5.74) is 6.53. The van der Waals surface area contributed by atoms with Gasteiger partial charge in [-0.2, -0.15) is 5.06 Å². The van der Waals surface area contributed by atoms with Gasteiger partial charge in [0.15, 0.2) is 11.5 Å². The Kier molecular flexibility index (Phi) is 3.78. The third kappa shape index (κ3) is 2.62. The maximum Gasteiger partial charge on any atom is 0.231 e. The van der Waals surface area contributed by atoms with Gasteiger partial charge in [0, 0.05) is 48.7 Å². The van der Waals surface area contributed by atoms with Gasteiger partial charge in [0.2, 0.25) is 6.79 Å². The highest BCUT2D eigenvalue weighted by Crippen LogP contribution is 2.45. The van der Waals surface area contributed by atoms with E-state index in [-0.39, 0.29) is 0 Å². The van der Waals surface area contributed by atoms with E-state index in [0.29, 0.717) is 30.9 Å². The number of fused-ring (bicyclic) bond motifs is 7. The molecule has 7 rings (SSSR count). The van der Waals surface area contributed by atoms with E-state index in [1.165, 1.54) is 27.7 Å². The molecule has 0 spiro atoms. The molecular weight excluding hydrogens is 390 g/mol. The second-order valence-electron chi connectivity index (χ2n) is 9.43. The van der Waals surface area contributed by atoms with Crippen LogP contribution in [0, 0.1) is 5.92 Å². The SMILES string of the molecule is C[C@@H]1ON(C)[C@H]2C[C@H]3c4[nH]c5ccc(-c6ccc7c(c6)OCO7)cc5c4CCN3C[C@@H]12. The molecule has 0 amide bonds. The summed E-state index contributed by atoms with van der Waals surface area (Å²) in [5.74, 6) is 2.26. The summed E-state index contributed by atoms with van der Waals surface area (Å²) in [7, 11) is 2.10. The molecule has 6 heteroatoms. The first kappa shape index (κ1) is 18.1. The van der Waals surface area contributed by atoms with Gasteiger partial charge in [-0.15, -0.1) is 0 Å². The first-order chi connectivity index (χ1) is 15.2. The van der Waals surface area contributed by atoms with E-state index in [0.717, 1.165) is 43.0 Å². The number of hydroxylamine groups is 2. The lowest BCUT2D eigenvalue weighted by molar-refractivity contribution is -0.140. The fraction of sp³-hybridized carbons (Fsp3) is 0.440. The second kappa shape index (κ2) is 6.48. The highest BCUT2D eigenvalue weighted by Gasteiger charge is 2.47. The van der Waals surface area contributed by atoms with Crippen LogP contribution in [-0.2, 0) is 11.3 Å². The van der Waals surface area contributed by atoms with Crippen LogP contribution in [0.3, 0.4) is 0 Å². The summed E-state index contributed by atoms with van der Waals surface area (Å²) < 4.78 is 11.1. The number of piperidine rings is 1. The summed E-state index contributed by atoms with van der Waals surface area (Å²) in [6.45, 7) is 4.77. The van der Waals surface area contributed by atoms with Gasteiger partial charge in [0.1, 0.15) is 0 Å². The number of rotatable bonds is 1. The lowest BCUT2D eigenvalue weighted by Crippen LogP contribution is -2.50. The predicted octanol–water partition coefficient (Wildman–Crippen LogP) is 4.12. The van der Waals surface area contributed by atoms with Crippen molar-refractivity contribution in [3.05, 3.63) is 47.7 Å². The molecule has 4 atom stereocenters. The third-order valence-corrected chi connectivity index (χ3v) is 7.87. The fourth-order valence-electron chi connectivity index (χ4n) is 6.25. The van der Waals surface area contributed by atoms with Crippen LogP contribution in [0.1, 0.15) is 30.6 Å². The standard InChI is InChI=1S/C25H27N3O3/c1-14-19-12-28-8-7-17-18-9-15(16-4-6-23-24(10-16)30-13-29-23)3-5-20(18)26-25(17)22(28)11-21(19)27(2)31-14/h3-6,9-10,14,19,21-22,26H,7-8,11-13H2,1-2H3/t14-,19-,21-,22-/m0/s1. The van der Waals surface area contributed by atoms with Crippen LogP contribution in [0.4, 0.5) is 0 Å². The topological polar surface area (TPSA) is 50.0 Å². The monoisotopic (exact) mass is 417 g/mol. The number of hydrogen-bond acceptors (Lipinski definition) is 5. The number of nitrogens with one attached hydrogen (secondary N) is 1. The normalized spacial score (nSPS) is 29.7. The van der Waals surface area contributed by atoms with Crippen molar-refractivity contribution in [3.8, 4) is 22.6 Å². The molecule has 160 valence electrons. The zero-order valence-electron chi connectivity index (χ0n) is 17.9. The summed E-state index contributed by atoms with van der Waals surface area (Å²) in [6, 6.07) is 13.9. The number of aromatic amines is 1. The van der Waals surface area contributed by atoms with Crippen LogP contribution >= 0.6 is 0 Å². The van der Waals surface area contributed by atoms with E-state index in [1.807, 2.05) is 6.07 Å². The summed E-state index contributed by atoms with van der Waals surface area (Å²) in [6.07, 6.45) is 2.53. The quantitative estimate of drug-likeness (QED) is 0.646. The van der Waals surface area contributed by atoms with E-state index in [1.54, 1.807) is 0 Å². The maximum absolute atomic E-state index is 6.03. The molecule has 4 aliphatic heterocycles. The van der Waals surface area contributed by atoms with Gasteiger partial charge < -0.3 is 14.5 Å². The number of benzene rings is 2. The fourth-order valence-corrected chi connectivity index (χ4v) is 6.25. The summed E-state index contributed by atoms with van der Waals surface area (Å²) in [4.78, 5) is 12.5. The molecule has 1 N–H and O–H groups in total. The first-order valence-corrected chi connectivity index (χ1v) is 11.3. The molecule has 31 heavy (non-hydrogen) atoms. The number of H-pyrrole nitrogens is 1. The zero-order chi connectivity index (χ0) is 20.7. The highest BCUT2D eigenvalue weighted by molar-refractivity contribution is 5.89. The highest BCUT2D eigenvalue weighted by atomic mass is 16.7. The lowest BCUT2D eigenvalue weighted by Gasteiger charge is -2.44. The van der Waals surface area contributed by atoms with Crippen LogP contribution in [0.25, 0.3) is 22.0 Å². The molecule has 0 aliphatic carbocycles. The Hall–Kier alpha value is -2.54. The molecule has 0 unspecified atom stereocenters. The van der Waals surface area contributed by atoms with Gasteiger partial charge in [-0.1, -0.05) is 12.1 Å². The Labute approximate surface area is 181 Å². The van der Waals surface area contributed by atoms with E-state index >= 15 is 0 Å². The molecule has 0 radical (unpaired) electrons. The van der Waals surface area contributed by atoms with Crippen molar-refractivity contribution in [1.82, 2.24) is 14.9 Å². The van der Waals surface area contributed by atoms with Crippen molar-refractivity contribution in [2.24, 2.45) is 5.92 Å². The molecular formula is C25H27N3O3. The van der Waals surface area contributed by atoms with Gasteiger partial charge in [-0.25, -0.2) is 0 Å². The third-order valence-electron chi connectivity index (χ3n) is 7.87. The van der Waals surface area contributed by atoms with Crippen molar-refractivity contribution >= 4 is 10.9 Å². The molecule has 0 bridgehead atoms. The van der Waals surface area contributed by atoms with Crippen molar-refractivity contribution < 1.29 is 14.3 Å². The Balaban J connectivity index is 1.27. The van der Waals surface area contributed by atoms with Crippen LogP contribution in [0.15, 0.2) is 36.4 Å². The lowest BCUT2D eigenvalue weighted by atomic mass is 9.81. The molecule has 2 saturated heterocycles. The van der Waals surface area contributed by atoms with Gasteiger partial charge in [-0.05, 0) is 60.7 Å². The van der Waals surface area contributed by atoms with E-state index in [9.17, 15) is 0 Å². The number of nitrogens with zero attached hydrogens (tertiary/aromatic N) is 2. The van der Waals surface area contributed by atoms with E-state index in [2.05, 4.69) is 59.3 Å². The van der Waals surface area contributed by atoms with Crippen LogP contribution < -0.4 is 9.47 Å². The Morgan fingerprint density at radius 3 is 2.81 bits per heavy atom. The minimum Gasteiger partial charge on any atom is -0.454 e. The Bertz CT molecular complexity index is 1190. The van der Waals surface area contributed by atoms with Gasteiger partial charge in [0.05, 0.1) is 12.1 Å². The average Bonchev–Trinajstić information content (AvgIpc) is 3.47. The summed E-state index contributed by atoms with van der Waals surface area (Å²) in [5, 5.41) is 3.47. The number of hydrogen-bond donors (Lipinski definition) is 1. The molecule has 3 aromatic rings. The number of ether oxygens (including phenoxy) is 2. The smallest absolute Gasteiger partial charge is 0.231 e. The van der Waals surface area contributed by atoms with E-state index < -0.39 is 0 Å². The number of aromatic nitrogens is 1. The molecule has 4 aliphatic rings. The molecule has 5 heterocycles. The first-order valence-electron chi connectivity index (χ1n) is 11.3. The molecule has 1 aromatic heterocycles. The average molecular weight is 418 g/mol. The van der Waals surface area contributed by atoms with Crippen molar-refractivity contribution in [2.75, 3.05) is 26.9 Å². The molecule has 2 fully saturated rings. The maximum atomic E-state index is 6.03. The minimum absolute atomic E-state index is 0.307. The van der Waals surface area contributed by atoms with Crippen molar-refractivity contribution in [3.63, 3.8) is 0 Å². The van der Waals surface area contributed by atoms with Crippen LogP contribution in [-0.4, -0.2) is 54.0 Å². The Morgan fingerprint density at radius 1 is 1.03 bits per heavy atom. The largest absolute Gasteiger partial charge is 0.454 e. The molecule has 6 nitrogen and oxygen atoms in total. The van der Waals surface area contributed by atoms with Crippen LogP contribution in [0.5, 0.6) is 11.5 Å². The van der Waals surface area contributed by atoms with Crippen molar-refractivity contribution in [2.45, 2.75) is 38.0 Å². The second-order valence-corrected chi connectivity index (χ2v) is 9.43. The van der Waals surface area contributed by atoms with Gasteiger partial charge in [-0.3, -0.25) is 9.74 Å². The molecule has 2 aromatic carbocycles. The van der Waals surface area contributed by atoms with Crippen molar-refractivity contribution in [1.29, 1.82) is 0 Å². The van der Waals surface area contributed by atoms with Gasteiger partial charge >= 0.3 is 0 Å². The van der Waals surface area contributed by atoms with Crippen LogP contribution in [0.2, 0.25) is 0 Å². The predicted molar refractivity (Wildman–Crippen MR) is 118 cm³/mol. The van der Waals surface area contributed by atoms with Gasteiger partial charge in [0.25, 0.3) is 0 Å². The minimum atomic E-state index is 0.307. The molecule has 0 saturated carbocycles. The zero-order valence-corrected chi connectivity index (χ0v) is 17.9. The van der Waals surface area contributed by atoms with E-state index in [4.69, 9.17) is 14.3 Å². The summed E-state index contributed by atoms with van der Waals surface area (Å²) >= 11 is 0.